The van der Waals surface area contributed by atoms with E-state index in [0.29, 0.717) is 17.1 Å². The number of nitrogens with zero attached hydrogens (tertiary/aromatic N) is 2. The van der Waals surface area contributed by atoms with Gasteiger partial charge in [-0.1, -0.05) is 30.3 Å². The molecule has 142 valence electrons. The zero-order valence-electron chi connectivity index (χ0n) is 14.2. The van der Waals surface area contributed by atoms with Gasteiger partial charge >= 0.3 is 11.0 Å². The molecule has 0 saturated carbocycles. The van der Waals surface area contributed by atoms with Crippen molar-refractivity contribution in [2.75, 3.05) is 11.9 Å². The minimum Gasteiger partial charge on any atom is -0.456 e. The first kappa shape index (κ1) is 19.0. The molecule has 0 radical (unpaired) electrons. The molecular formula is C18H13N3O6S. The SMILES string of the molecule is O=C(COC(=O)c1ccccc1Oc1ccccc1)Nc1ncc([N+](=O)[O-])s1. The van der Waals surface area contributed by atoms with Gasteiger partial charge in [0, 0.05) is 0 Å². The van der Waals surface area contributed by atoms with Crippen LogP contribution in [0.5, 0.6) is 11.5 Å². The smallest absolute Gasteiger partial charge is 0.345 e. The van der Waals surface area contributed by atoms with Crippen molar-refractivity contribution < 1.29 is 24.0 Å². The molecule has 0 fully saturated rings. The first-order valence-electron chi connectivity index (χ1n) is 7.92. The zero-order chi connectivity index (χ0) is 19.9. The van der Waals surface area contributed by atoms with E-state index >= 15 is 0 Å². The number of carbonyl (C=O) groups excluding carboxylic acids is 2. The third kappa shape index (κ3) is 4.89. The van der Waals surface area contributed by atoms with E-state index in [1.165, 1.54) is 6.07 Å². The normalized spacial score (nSPS) is 10.1. The van der Waals surface area contributed by atoms with Crippen molar-refractivity contribution in [1.82, 2.24) is 4.98 Å². The first-order valence-corrected chi connectivity index (χ1v) is 8.73. The second-order valence-electron chi connectivity index (χ2n) is 5.30. The predicted molar refractivity (Wildman–Crippen MR) is 101 cm³/mol. The summed E-state index contributed by atoms with van der Waals surface area (Å²) in [5, 5.41) is 12.8. The summed E-state index contributed by atoms with van der Waals surface area (Å²) in [6.45, 7) is -0.577. The summed E-state index contributed by atoms with van der Waals surface area (Å²) < 4.78 is 10.7. The number of hydrogen-bond donors (Lipinski definition) is 1. The Labute approximate surface area is 162 Å². The molecule has 9 nitrogen and oxygen atoms in total. The topological polar surface area (TPSA) is 121 Å². The monoisotopic (exact) mass is 399 g/mol. The Kier molecular flexibility index (Phi) is 5.92. The highest BCUT2D eigenvalue weighted by molar-refractivity contribution is 7.18. The number of carbonyl (C=O) groups is 2. The molecule has 10 heteroatoms. The number of benzene rings is 2. The summed E-state index contributed by atoms with van der Waals surface area (Å²) in [6, 6.07) is 15.4. The average molecular weight is 399 g/mol. The van der Waals surface area contributed by atoms with Crippen LogP contribution in [0.15, 0.2) is 60.8 Å². The standard InChI is InChI=1S/C18H13N3O6S/c22-15(20-18-19-10-16(28-18)21(24)25)11-26-17(23)13-8-4-5-9-14(13)27-12-6-2-1-3-7-12/h1-10H,11H2,(H,19,20,22). The molecule has 0 bridgehead atoms. The molecule has 0 spiro atoms. The molecular weight excluding hydrogens is 386 g/mol. The number of ether oxygens (including phenoxy) is 2. The summed E-state index contributed by atoms with van der Waals surface area (Å²) >= 11 is 0.701. The molecule has 0 atom stereocenters. The quantitative estimate of drug-likeness (QED) is 0.366. The number of hydrogen-bond acceptors (Lipinski definition) is 8. The Balaban J connectivity index is 1.60. The summed E-state index contributed by atoms with van der Waals surface area (Å²) in [6.07, 6.45) is 1.03. The largest absolute Gasteiger partial charge is 0.456 e. The minimum atomic E-state index is -0.744. The fourth-order valence-electron chi connectivity index (χ4n) is 2.11. The predicted octanol–water partition coefficient (Wildman–Crippen LogP) is 3.64. The van der Waals surface area contributed by atoms with Gasteiger partial charge in [-0.15, -0.1) is 0 Å². The van der Waals surface area contributed by atoms with Crippen LogP contribution in [0.3, 0.4) is 0 Å². The van der Waals surface area contributed by atoms with Crippen LogP contribution >= 0.6 is 11.3 Å². The maximum atomic E-state index is 12.3. The third-order valence-corrected chi connectivity index (χ3v) is 4.20. The molecule has 0 aliphatic heterocycles. The van der Waals surface area contributed by atoms with Crippen LogP contribution in [-0.2, 0) is 9.53 Å². The van der Waals surface area contributed by atoms with E-state index in [0.717, 1.165) is 6.20 Å². The lowest BCUT2D eigenvalue weighted by Gasteiger charge is -2.10. The van der Waals surface area contributed by atoms with E-state index in [9.17, 15) is 19.7 Å². The van der Waals surface area contributed by atoms with Crippen molar-refractivity contribution >= 4 is 33.3 Å². The fourth-order valence-corrected chi connectivity index (χ4v) is 2.76. The fraction of sp³-hybridized carbons (Fsp3) is 0.0556. The van der Waals surface area contributed by atoms with Gasteiger partial charge in [-0.2, -0.15) is 0 Å². The van der Waals surface area contributed by atoms with Crippen LogP contribution in [0.4, 0.5) is 10.1 Å². The van der Waals surface area contributed by atoms with Crippen molar-refractivity contribution in [2.24, 2.45) is 0 Å². The van der Waals surface area contributed by atoms with Crippen LogP contribution < -0.4 is 10.1 Å². The maximum Gasteiger partial charge on any atom is 0.345 e. The third-order valence-electron chi connectivity index (χ3n) is 3.33. The van der Waals surface area contributed by atoms with Gasteiger partial charge in [-0.05, 0) is 35.6 Å². The Morgan fingerprint density at radius 2 is 1.82 bits per heavy atom. The van der Waals surface area contributed by atoms with Gasteiger partial charge < -0.3 is 9.47 Å². The number of nitro groups is 1. The van der Waals surface area contributed by atoms with Crippen molar-refractivity contribution in [1.29, 1.82) is 0 Å². The maximum absolute atomic E-state index is 12.3. The van der Waals surface area contributed by atoms with Crippen LogP contribution in [0.1, 0.15) is 10.4 Å². The summed E-state index contributed by atoms with van der Waals surface area (Å²) in [5.41, 5.74) is 0.157. The van der Waals surface area contributed by atoms with E-state index in [-0.39, 0.29) is 21.4 Å². The number of amides is 1. The van der Waals surface area contributed by atoms with Gasteiger partial charge in [-0.25, -0.2) is 9.78 Å². The summed E-state index contributed by atoms with van der Waals surface area (Å²) in [7, 11) is 0. The lowest BCUT2D eigenvalue weighted by atomic mass is 10.2. The van der Waals surface area contributed by atoms with Crippen molar-refractivity contribution in [3.63, 3.8) is 0 Å². The van der Waals surface area contributed by atoms with Crippen LogP contribution in [-0.4, -0.2) is 28.4 Å². The molecule has 2 aromatic carbocycles. The zero-order valence-corrected chi connectivity index (χ0v) is 15.0. The van der Waals surface area contributed by atoms with Crippen LogP contribution in [0, 0.1) is 10.1 Å². The second kappa shape index (κ2) is 8.73. The van der Waals surface area contributed by atoms with Crippen LogP contribution in [0.25, 0.3) is 0 Å². The Bertz CT molecular complexity index is 1010. The van der Waals surface area contributed by atoms with Crippen molar-refractivity contribution in [3.8, 4) is 11.5 Å². The molecule has 0 aliphatic carbocycles. The van der Waals surface area contributed by atoms with E-state index in [1.54, 1.807) is 42.5 Å². The Morgan fingerprint density at radius 3 is 2.54 bits per heavy atom. The summed E-state index contributed by atoms with van der Waals surface area (Å²) in [5.74, 6) is -0.577. The summed E-state index contributed by atoms with van der Waals surface area (Å²) in [4.78, 5) is 37.9. The molecule has 1 N–H and O–H groups in total. The van der Waals surface area contributed by atoms with Gasteiger partial charge in [0.15, 0.2) is 11.7 Å². The first-order chi connectivity index (χ1) is 13.5. The van der Waals surface area contributed by atoms with E-state index in [2.05, 4.69) is 10.3 Å². The molecule has 1 aromatic heterocycles. The molecule has 0 saturated heterocycles. The van der Waals surface area contributed by atoms with Crippen molar-refractivity contribution in [2.45, 2.75) is 0 Å². The molecule has 1 amide bonds. The number of para-hydroxylation sites is 2. The minimum absolute atomic E-state index is 0.0422. The number of rotatable bonds is 7. The van der Waals surface area contributed by atoms with Gasteiger partial charge in [0.05, 0.1) is 4.92 Å². The second-order valence-corrected chi connectivity index (χ2v) is 6.31. The Hall–Kier alpha value is -3.79. The van der Waals surface area contributed by atoms with E-state index in [4.69, 9.17) is 9.47 Å². The molecule has 0 unspecified atom stereocenters. The highest BCUT2D eigenvalue weighted by Gasteiger charge is 2.17. The van der Waals surface area contributed by atoms with E-state index in [1.807, 2.05) is 6.07 Å². The lowest BCUT2D eigenvalue weighted by molar-refractivity contribution is -0.380. The number of anilines is 1. The lowest BCUT2D eigenvalue weighted by Crippen LogP contribution is -2.21. The highest BCUT2D eigenvalue weighted by Crippen LogP contribution is 2.26. The van der Waals surface area contributed by atoms with Crippen molar-refractivity contribution in [3.05, 3.63) is 76.5 Å². The van der Waals surface area contributed by atoms with Gasteiger partial charge in [0.1, 0.15) is 23.3 Å². The van der Waals surface area contributed by atoms with Gasteiger partial charge in [-0.3, -0.25) is 20.2 Å². The average Bonchev–Trinajstić information content (AvgIpc) is 3.16. The number of thiazole rings is 1. The highest BCUT2D eigenvalue weighted by atomic mass is 32.1. The molecule has 3 aromatic rings. The van der Waals surface area contributed by atoms with E-state index < -0.39 is 23.4 Å². The number of aromatic nitrogens is 1. The number of nitrogens with one attached hydrogen (secondary N) is 1. The van der Waals surface area contributed by atoms with Gasteiger partial charge in [0.2, 0.25) is 0 Å². The molecule has 1 heterocycles. The molecule has 28 heavy (non-hydrogen) atoms. The van der Waals surface area contributed by atoms with Crippen LogP contribution in [0.2, 0.25) is 0 Å². The Morgan fingerprint density at radius 1 is 1.11 bits per heavy atom. The van der Waals surface area contributed by atoms with Gasteiger partial charge in [0.25, 0.3) is 5.91 Å². The molecule has 0 aliphatic rings. The number of esters is 1. The molecule has 3 rings (SSSR count).